The van der Waals surface area contributed by atoms with E-state index in [0.29, 0.717) is 25.3 Å². The molecule has 7 nitrogen and oxygen atoms in total. The maximum Gasteiger partial charge on any atom is 0.251 e. The molecule has 1 atom stereocenters. The average molecular weight is 532 g/mol. The molecule has 1 amide bonds. The zero-order valence-electron chi connectivity index (χ0n) is 18.6. The van der Waals surface area contributed by atoms with E-state index in [-0.39, 0.29) is 41.5 Å². The minimum atomic E-state index is -0.259. The summed E-state index contributed by atoms with van der Waals surface area (Å²) in [5, 5.41) is 9.55. The summed E-state index contributed by atoms with van der Waals surface area (Å²) in [5.74, 6) is 0.665. The molecule has 8 heteroatoms. The van der Waals surface area contributed by atoms with Crippen molar-refractivity contribution < 1.29 is 14.3 Å². The highest BCUT2D eigenvalue weighted by molar-refractivity contribution is 14.0. The van der Waals surface area contributed by atoms with Gasteiger partial charge in [0, 0.05) is 44.5 Å². The summed E-state index contributed by atoms with van der Waals surface area (Å²) < 4.78 is 11.2. The van der Waals surface area contributed by atoms with Crippen LogP contribution < -0.4 is 16.0 Å². The van der Waals surface area contributed by atoms with Crippen molar-refractivity contribution in [1.29, 1.82) is 0 Å². The van der Waals surface area contributed by atoms with Gasteiger partial charge in [0.25, 0.3) is 5.91 Å². The van der Waals surface area contributed by atoms with Crippen LogP contribution in [0.3, 0.4) is 0 Å². The third-order valence-electron chi connectivity index (χ3n) is 4.45. The number of benzene rings is 1. The number of guanidine groups is 1. The van der Waals surface area contributed by atoms with Crippen LogP contribution in [-0.4, -0.2) is 56.9 Å². The molecule has 2 rings (SSSR count). The Bertz CT molecular complexity index is 671. The molecule has 0 radical (unpaired) electrons. The van der Waals surface area contributed by atoms with E-state index in [0.717, 1.165) is 43.9 Å². The molecule has 1 unspecified atom stereocenters. The van der Waals surface area contributed by atoms with Crippen molar-refractivity contribution in [2.24, 2.45) is 4.99 Å². The van der Waals surface area contributed by atoms with E-state index in [4.69, 9.17) is 9.47 Å². The topological polar surface area (TPSA) is 84.0 Å². The number of carbonyl (C=O) groups is 1. The fourth-order valence-corrected chi connectivity index (χ4v) is 3.01. The predicted molar refractivity (Wildman–Crippen MR) is 132 cm³/mol. The molecule has 170 valence electrons. The summed E-state index contributed by atoms with van der Waals surface area (Å²) in [5.41, 5.74) is 1.42. The Kier molecular flexibility index (Phi) is 12.3. The molecule has 0 saturated carbocycles. The molecule has 1 aliphatic heterocycles. The van der Waals surface area contributed by atoms with Crippen molar-refractivity contribution in [3.63, 3.8) is 0 Å². The normalized spacial score (nSPS) is 16.7. The number of amides is 1. The molecule has 1 aromatic rings. The van der Waals surface area contributed by atoms with Crippen LogP contribution >= 0.6 is 24.0 Å². The van der Waals surface area contributed by atoms with E-state index in [2.05, 4.69) is 20.9 Å². The predicted octanol–water partition coefficient (Wildman–Crippen LogP) is 3.08. The number of nitrogens with zero attached hydrogens (tertiary/aromatic N) is 1. The molecular formula is C22H37IN4O3. The maximum atomic E-state index is 12.3. The quantitative estimate of drug-likeness (QED) is 0.197. The number of rotatable bonds is 9. The van der Waals surface area contributed by atoms with Gasteiger partial charge >= 0.3 is 0 Å². The lowest BCUT2D eigenvalue weighted by Gasteiger charge is -2.20. The second kappa shape index (κ2) is 13.8. The van der Waals surface area contributed by atoms with Gasteiger partial charge in [0.15, 0.2) is 5.96 Å². The molecule has 0 aromatic heterocycles. The Labute approximate surface area is 197 Å². The number of halogens is 1. The van der Waals surface area contributed by atoms with Crippen LogP contribution in [0.2, 0.25) is 0 Å². The zero-order chi connectivity index (χ0) is 21.1. The molecule has 0 spiro atoms. The standard InChI is InChI=1S/C22H36N4O3.HI/c1-22(2,3)26-20(27)18-9-5-8-17(14-18)15-25-21(23-4)24-11-7-12-28-16-19-10-6-13-29-19;/h5,8-9,14,19H,6-7,10-13,15-16H2,1-4H3,(H,26,27)(H2,23,24,25);1H. The second-order valence-electron chi connectivity index (χ2n) is 8.32. The Morgan fingerprint density at radius 1 is 1.30 bits per heavy atom. The van der Waals surface area contributed by atoms with Crippen LogP contribution in [0.1, 0.15) is 56.0 Å². The van der Waals surface area contributed by atoms with Crippen LogP contribution in [0, 0.1) is 0 Å². The lowest BCUT2D eigenvalue weighted by Crippen LogP contribution is -2.40. The number of ether oxygens (including phenoxy) is 2. The molecule has 30 heavy (non-hydrogen) atoms. The molecule has 1 aliphatic rings. The first-order chi connectivity index (χ1) is 13.9. The van der Waals surface area contributed by atoms with Crippen LogP contribution in [-0.2, 0) is 16.0 Å². The van der Waals surface area contributed by atoms with Crippen molar-refractivity contribution in [2.45, 2.75) is 58.2 Å². The summed E-state index contributed by atoms with van der Waals surface area (Å²) >= 11 is 0. The highest BCUT2D eigenvalue weighted by atomic mass is 127. The highest BCUT2D eigenvalue weighted by Crippen LogP contribution is 2.12. The van der Waals surface area contributed by atoms with Crippen molar-refractivity contribution in [3.8, 4) is 0 Å². The Morgan fingerprint density at radius 3 is 2.77 bits per heavy atom. The van der Waals surface area contributed by atoms with Crippen molar-refractivity contribution in [2.75, 3.05) is 33.4 Å². The first kappa shape index (κ1) is 26.6. The minimum Gasteiger partial charge on any atom is -0.379 e. The first-order valence-corrected chi connectivity index (χ1v) is 10.4. The number of hydrogen-bond acceptors (Lipinski definition) is 4. The molecule has 3 N–H and O–H groups in total. The molecule has 1 fully saturated rings. The second-order valence-corrected chi connectivity index (χ2v) is 8.32. The van der Waals surface area contributed by atoms with Gasteiger partial charge in [-0.25, -0.2) is 0 Å². The van der Waals surface area contributed by atoms with E-state index in [1.54, 1.807) is 7.05 Å². The third-order valence-corrected chi connectivity index (χ3v) is 4.45. The summed E-state index contributed by atoms with van der Waals surface area (Å²) in [4.78, 5) is 16.6. The van der Waals surface area contributed by atoms with Gasteiger partial charge in [0.05, 0.1) is 12.7 Å². The third kappa shape index (κ3) is 10.6. The van der Waals surface area contributed by atoms with Crippen molar-refractivity contribution >= 4 is 35.8 Å². The molecular weight excluding hydrogens is 495 g/mol. The van der Waals surface area contributed by atoms with Gasteiger partial charge in [0.1, 0.15) is 0 Å². The van der Waals surface area contributed by atoms with E-state index in [9.17, 15) is 4.79 Å². The van der Waals surface area contributed by atoms with Gasteiger partial charge in [-0.3, -0.25) is 9.79 Å². The summed E-state index contributed by atoms with van der Waals surface area (Å²) in [7, 11) is 1.75. The number of carbonyl (C=O) groups excluding carboxylic acids is 1. The van der Waals surface area contributed by atoms with Gasteiger partial charge < -0.3 is 25.4 Å². The molecule has 1 heterocycles. The molecule has 0 aliphatic carbocycles. The van der Waals surface area contributed by atoms with Gasteiger partial charge in [-0.05, 0) is 57.7 Å². The Balaban J connectivity index is 0.00000450. The maximum absolute atomic E-state index is 12.3. The largest absolute Gasteiger partial charge is 0.379 e. The number of aliphatic imine (C=N–C) groups is 1. The van der Waals surface area contributed by atoms with Crippen molar-refractivity contribution in [3.05, 3.63) is 35.4 Å². The summed E-state index contributed by atoms with van der Waals surface area (Å²) in [6.07, 6.45) is 3.42. The van der Waals surface area contributed by atoms with Crippen molar-refractivity contribution in [1.82, 2.24) is 16.0 Å². The monoisotopic (exact) mass is 532 g/mol. The van der Waals surface area contributed by atoms with E-state index in [1.165, 1.54) is 0 Å². The first-order valence-electron chi connectivity index (χ1n) is 10.4. The lowest BCUT2D eigenvalue weighted by molar-refractivity contribution is 0.0168. The smallest absolute Gasteiger partial charge is 0.251 e. The molecule has 1 saturated heterocycles. The summed E-state index contributed by atoms with van der Waals surface area (Å²) in [6.45, 7) is 9.53. The van der Waals surface area contributed by atoms with Crippen LogP contribution in [0.5, 0.6) is 0 Å². The van der Waals surface area contributed by atoms with Gasteiger partial charge in [-0.1, -0.05) is 12.1 Å². The van der Waals surface area contributed by atoms with Gasteiger partial charge in [0.2, 0.25) is 0 Å². The Morgan fingerprint density at radius 2 is 2.10 bits per heavy atom. The summed E-state index contributed by atoms with van der Waals surface area (Å²) in [6, 6.07) is 7.62. The van der Waals surface area contributed by atoms with Crippen LogP contribution in [0.25, 0.3) is 0 Å². The Hall–Kier alpha value is -1.39. The minimum absolute atomic E-state index is 0. The number of hydrogen-bond donors (Lipinski definition) is 3. The van der Waals surface area contributed by atoms with Gasteiger partial charge in [-0.2, -0.15) is 0 Å². The zero-order valence-corrected chi connectivity index (χ0v) is 21.0. The highest BCUT2D eigenvalue weighted by Gasteiger charge is 2.16. The average Bonchev–Trinajstić information content (AvgIpc) is 3.19. The molecule has 1 aromatic carbocycles. The van der Waals surface area contributed by atoms with Gasteiger partial charge in [-0.15, -0.1) is 24.0 Å². The van der Waals surface area contributed by atoms with Crippen LogP contribution in [0.4, 0.5) is 0 Å². The lowest BCUT2D eigenvalue weighted by atomic mass is 10.1. The fourth-order valence-electron chi connectivity index (χ4n) is 3.01. The van der Waals surface area contributed by atoms with E-state index < -0.39 is 0 Å². The van der Waals surface area contributed by atoms with Crippen LogP contribution in [0.15, 0.2) is 29.3 Å². The SMILES string of the molecule is CN=C(NCCCOCC1CCCO1)NCc1cccc(C(=O)NC(C)(C)C)c1.I. The molecule has 0 bridgehead atoms. The number of nitrogens with one attached hydrogen (secondary N) is 3. The van der Waals surface area contributed by atoms with E-state index >= 15 is 0 Å². The van der Waals surface area contributed by atoms with E-state index in [1.807, 2.05) is 45.0 Å². The fraction of sp³-hybridized carbons (Fsp3) is 0.636.